The van der Waals surface area contributed by atoms with Crippen molar-refractivity contribution in [1.29, 1.82) is 0 Å². The highest BCUT2D eigenvalue weighted by Crippen LogP contribution is 2.16. The number of amides is 2. The highest BCUT2D eigenvalue weighted by atomic mass is 16.5. The quantitative estimate of drug-likeness (QED) is 0.663. The Morgan fingerprint density at radius 1 is 1.14 bits per heavy atom. The lowest BCUT2D eigenvalue weighted by Gasteiger charge is -2.08. The minimum Gasteiger partial charge on any atom is -0.496 e. The first-order chi connectivity index (χ1) is 10.2. The zero-order chi connectivity index (χ0) is 15.1. The minimum atomic E-state index is -0.477. The molecule has 0 atom stereocenters. The van der Waals surface area contributed by atoms with E-state index < -0.39 is 11.8 Å². The van der Waals surface area contributed by atoms with E-state index in [1.807, 2.05) is 0 Å². The number of para-hydroxylation sites is 1. The molecule has 1 aromatic heterocycles. The fourth-order valence-electron chi connectivity index (χ4n) is 1.60. The lowest BCUT2D eigenvalue weighted by atomic mass is 10.2. The van der Waals surface area contributed by atoms with Crippen molar-refractivity contribution in [3.8, 4) is 5.75 Å². The molecule has 2 aromatic rings. The number of nitrogens with one attached hydrogen (secondary N) is 2. The van der Waals surface area contributed by atoms with Crippen molar-refractivity contribution in [3.05, 3.63) is 60.1 Å². The van der Waals surface area contributed by atoms with Crippen LogP contribution in [0.25, 0.3) is 6.08 Å². The Kier molecular flexibility index (Phi) is 4.76. The van der Waals surface area contributed by atoms with E-state index in [9.17, 15) is 9.59 Å². The van der Waals surface area contributed by atoms with E-state index in [1.165, 1.54) is 25.5 Å². The summed E-state index contributed by atoms with van der Waals surface area (Å²) >= 11 is 0. The lowest BCUT2D eigenvalue weighted by Crippen LogP contribution is -2.40. The Hall–Kier alpha value is -3.02. The summed E-state index contributed by atoms with van der Waals surface area (Å²) in [6.45, 7) is 0. The van der Waals surface area contributed by atoms with E-state index in [2.05, 4.69) is 10.9 Å². The van der Waals surface area contributed by atoms with Gasteiger partial charge in [-0.3, -0.25) is 20.4 Å². The Labute approximate surface area is 121 Å². The average molecular weight is 286 g/mol. The molecule has 6 nitrogen and oxygen atoms in total. The first-order valence-corrected chi connectivity index (χ1v) is 6.15. The average Bonchev–Trinajstić information content (AvgIpc) is 3.04. The van der Waals surface area contributed by atoms with Gasteiger partial charge in [-0.15, -0.1) is 0 Å². The zero-order valence-electron chi connectivity index (χ0n) is 11.3. The standard InChI is InChI=1S/C15H14N2O4/c1-20-13-7-3-2-6-12(13)15(19)17-16-14(18)9-8-11-5-4-10-21-11/h2-10H,1H3,(H,16,18)(H,17,19)/b9-8+. The van der Waals surface area contributed by atoms with E-state index in [4.69, 9.17) is 9.15 Å². The number of rotatable bonds is 4. The summed E-state index contributed by atoms with van der Waals surface area (Å²) < 4.78 is 10.1. The van der Waals surface area contributed by atoms with Gasteiger partial charge in [0, 0.05) is 6.08 Å². The molecular weight excluding hydrogens is 272 g/mol. The Bertz CT molecular complexity index is 647. The second-order valence-corrected chi connectivity index (χ2v) is 3.99. The smallest absolute Gasteiger partial charge is 0.273 e. The van der Waals surface area contributed by atoms with Crippen molar-refractivity contribution in [2.75, 3.05) is 7.11 Å². The maximum absolute atomic E-state index is 11.9. The van der Waals surface area contributed by atoms with Crippen LogP contribution in [0.5, 0.6) is 5.75 Å². The normalized spacial score (nSPS) is 10.3. The number of ether oxygens (including phenoxy) is 1. The number of carbonyl (C=O) groups excluding carboxylic acids is 2. The van der Waals surface area contributed by atoms with E-state index in [0.717, 1.165) is 0 Å². The van der Waals surface area contributed by atoms with Gasteiger partial charge in [0.1, 0.15) is 11.5 Å². The van der Waals surface area contributed by atoms with E-state index in [1.54, 1.807) is 36.4 Å². The molecule has 0 bridgehead atoms. The predicted molar refractivity (Wildman–Crippen MR) is 76.3 cm³/mol. The van der Waals surface area contributed by atoms with Gasteiger partial charge in [0.2, 0.25) is 0 Å². The highest BCUT2D eigenvalue weighted by Gasteiger charge is 2.11. The Morgan fingerprint density at radius 2 is 1.95 bits per heavy atom. The van der Waals surface area contributed by atoms with Gasteiger partial charge >= 0.3 is 0 Å². The van der Waals surface area contributed by atoms with Crippen molar-refractivity contribution < 1.29 is 18.7 Å². The topological polar surface area (TPSA) is 80.6 Å². The molecule has 2 N–H and O–H groups in total. The maximum atomic E-state index is 11.9. The van der Waals surface area contributed by atoms with Gasteiger partial charge in [0.25, 0.3) is 11.8 Å². The van der Waals surface area contributed by atoms with Crippen LogP contribution in [-0.2, 0) is 4.79 Å². The summed E-state index contributed by atoms with van der Waals surface area (Å²) in [6.07, 6.45) is 4.24. The molecule has 0 aliphatic carbocycles. The van der Waals surface area contributed by atoms with Gasteiger partial charge in [-0.05, 0) is 30.3 Å². The van der Waals surface area contributed by atoms with Crippen molar-refractivity contribution in [2.45, 2.75) is 0 Å². The molecule has 0 fully saturated rings. The fraction of sp³-hybridized carbons (Fsp3) is 0.0667. The van der Waals surface area contributed by atoms with Crippen LogP contribution in [-0.4, -0.2) is 18.9 Å². The monoisotopic (exact) mass is 286 g/mol. The molecule has 6 heteroatoms. The molecular formula is C15H14N2O4. The first kappa shape index (κ1) is 14.4. The van der Waals surface area contributed by atoms with Crippen LogP contribution in [0.1, 0.15) is 16.1 Å². The van der Waals surface area contributed by atoms with Crippen molar-refractivity contribution in [1.82, 2.24) is 10.9 Å². The molecule has 2 rings (SSSR count). The van der Waals surface area contributed by atoms with E-state index in [0.29, 0.717) is 17.1 Å². The molecule has 2 amide bonds. The molecule has 108 valence electrons. The largest absolute Gasteiger partial charge is 0.496 e. The molecule has 0 saturated heterocycles. The van der Waals surface area contributed by atoms with Gasteiger partial charge in [0.15, 0.2) is 0 Å². The summed E-state index contributed by atoms with van der Waals surface area (Å²) in [5.74, 6) is 0.0263. The van der Waals surface area contributed by atoms with Crippen LogP contribution in [0.3, 0.4) is 0 Å². The number of hydrazine groups is 1. The van der Waals surface area contributed by atoms with Gasteiger partial charge in [-0.1, -0.05) is 12.1 Å². The van der Waals surface area contributed by atoms with Gasteiger partial charge in [0.05, 0.1) is 18.9 Å². The number of hydrogen-bond donors (Lipinski definition) is 2. The van der Waals surface area contributed by atoms with Crippen LogP contribution in [0, 0.1) is 0 Å². The number of methoxy groups -OCH3 is 1. The van der Waals surface area contributed by atoms with Crippen LogP contribution in [0.2, 0.25) is 0 Å². The van der Waals surface area contributed by atoms with Crippen molar-refractivity contribution >= 4 is 17.9 Å². The van der Waals surface area contributed by atoms with E-state index >= 15 is 0 Å². The highest BCUT2D eigenvalue weighted by molar-refractivity contribution is 5.99. The SMILES string of the molecule is COc1ccccc1C(=O)NNC(=O)/C=C/c1ccco1. The van der Waals surface area contributed by atoms with Crippen LogP contribution in [0.15, 0.2) is 53.2 Å². The maximum Gasteiger partial charge on any atom is 0.273 e. The molecule has 0 radical (unpaired) electrons. The van der Waals surface area contributed by atoms with Crippen LogP contribution >= 0.6 is 0 Å². The Morgan fingerprint density at radius 3 is 2.67 bits per heavy atom. The predicted octanol–water partition coefficient (Wildman–Crippen LogP) is 1.76. The van der Waals surface area contributed by atoms with Gasteiger partial charge in [-0.2, -0.15) is 0 Å². The fourth-order valence-corrected chi connectivity index (χ4v) is 1.60. The van der Waals surface area contributed by atoms with Crippen LogP contribution < -0.4 is 15.6 Å². The summed E-state index contributed by atoms with van der Waals surface area (Å²) in [5.41, 5.74) is 4.90. The second kappa shape index (κ2) is 6.95. The third kappa shape index (κ3) is 3.97. The number of benzene rings is 1. The molecule has 21 heavy (non-hydrogen) atoms. The molecule has 0 saturated carbocycles. The molecule has 0 spiro atoms. The summed E-state index contributed by atoms with van der Waals surface area (Å²) in [7, 11) is 1.47. The summed E-state index contributed by atoms with van der Waals surface area (Å²) in [6, 6.07) is 10.1. The second-order valence-electron chi connectivity index (χ2n) is 3.99. The third-order valence-corrected chi connectivity index (χ3v) is 2.59. The summed E-state index contributed by atoms with van der Waals surface area (Å²) in [4.78, 5) is 23.5. The summed E-state index contributed by atoms with van der Waals surface area (Å²) in [5, 5.41) is 0. The third-order valence-electron chi connectivity index (χ3n) is 2.59. The molecule has 0 aliphatic rings. The molecule has 0 unspecified atom stereocenters. The van der Waals surface area contributed by atoms with Gasteiger partial charge < -0.3 is 9.15 Å². The molecule has 0 aliphatic heterocycles. The number of hydrogen-bond acceptors (Lipinski definition) is 4. The van der Waals surface area contributed by atoms with Crippen molar-refractivity contribution in [2.24, 2.45) is 0 Å². The Balaban J connectivity index is 1.90. The van der Waals surface area contributed by atoms with E-state index in [-0.39, 0.29) is 0 Å². The minimum absolute atomic E-state index is 0.329. The lowest BCUT2D eigenvalue weighted by molar-refractivity contribution is -0.117. The first-order valence-electron chi connectivity index (χ1n) is 6.15. The van der Waals surface area contributed by atoms with Gasteiger partial charge in [-0.25, -0.2) is 0 Å². The van der Waals surface area contributed by atoms with Crippen molar-refractivity contribution in [3.63, 3.8) is 0 Å². The number of carbonyl (C=O) groups is 2. The van der Waals surface area contributed by atoms with Crippen LogP contribution in [0.4, 0.5) is 0 Å². The molecule has 1 heterocycles. The zero-order valence-corrected chi connectivity index (χ0v) is 11.3. The number of furan rings is 1. The molecule has 1 aromatic carbocycles.